The fourth-order valence-corrected chi connectivity index (χ4v) is 1.84. The van der Waals surface area contributed by atoms with Crippen LogP contribution in [0.15, 0.2) is 30.3 Å². The van der Waals surface area contributed by atoms with Gasteiger partial charge in [0.05, 0.1) is 0 Å². The molecule has 1 aliphatic heterocycles. The Hall–Kier alpha value is -1.55. The Morgan fingerprint density at radius 3 is 2.56 bits per heavy atom. The zero-order chi connectivity index (χ0) is 11.2. The lowest BCUT2D eigenvalue weighted by atomic mass is 10.1. The number of hydrogen-bond donors (Lipinski definition) is 3. The molecule has 86 valence electrons. The van der Waals surface area contributed by atoms with Gasteiger partial charge in [-0.3, -0.25) is 0 Å². The summed E-state index contributed by atoms with van der Waals surface area (Å²) in [7, 11) is 0. The molecule has 0 aromatic heterocycles. The number of nitrogens with one attached hydrogen (secondary N) is 3. The lowest BCUT2D eigenvalue weighted by Crippen LogP contribution is -2.44. The predicted octanol–water partition coefficient (Wildman–Crippen LogP) is 1.56. The largest absolute Gasteiger partial charge is 0.335 e. The first-order chi connectivity index (χ1) is 7.84. The molecule has 4 heteroatoms. The fraction of sp³-hybridized carbons (Fsp3) is 0.417. The zero-order valence-corrected chi connectivity index (χ0v) is 9.20. The second kappa shape index (κ2) is 5.51. The molecule has 1 aromatic carbocycles. The summed E-state index contributed by atoms with van der Waals surface area (Å²) in [5.74, 6) is 0. The summed E-state index contributed by atoms with van der Waals surface area (Å²) >= 11 is 0. The number of rotatable bonds is 2. The van der Waals surface area contributed by atoms with Crippen molar-refractivity contribution in [3.63, 3.8) is 0 Å². The van der Waals surface area contributed by atoms with Crippen LogP contribution in [0.1, 0.15) is 12.8 Å². The molecule has 4 nitrogen and oxygen atoms in total. The van der Waals surface area contributed by atoms with Crippen molar-refractivity contribution in [1.82, 2.24) is 10.6 Å². The topological polar surface area (TPSA) is 53.2 Å². The van der Waals surface area contributed by atoms with Gasteiger partial charge in [-0.1, -0.05) is 18.2 Å². The Morgan fingerprint density at radius 2 is 1.88 bits per heavy atom. The molecule has 0 aliphatic carbocycles. The molecule has 1 fully saturated rings. The highest BCUT2D eigenvalue weighted by atomic mass is 16.2. The average molecular weight is 219 g/mol. The third-order valence-electron chi connectivity index (χ3n) is 2.71. The number of amides is 2. The van der Waals surface area contributed by atoms with E-state index in [0.29, 0.717) is 6.04 Å². The second-order valence-electron chi connectivity index (χ2n) is 3.99. The van der Waals surface area contributed by atoms with E-state index in [0.717, 1.165) is 31.6 Å². The van der Waals surface area contributed by atoms with Gasteiger partial charge in [-0.2, -0.15) is 0 Å². The Kier molecular flexibility index (Phi) is 3.77. The molecule has 1 heterocycles. The molecule has 1 saturated heterocycles. The summed E-state index contributed by atoms with van der Waals surface area (Å²) in [6.07, 6.45) is 2.00. The van der Waals surface area contributed by atoms with Crippen LogP contribution < -0.4 is 16.0 Å². The minimum atomic E-state index is -0.113. The molecule has 3 N–H and O–H groups in total. The second-order valence-corrected chi connectivity index (χ2v) is 3.99. The van der Waals surface area contributed by atoms with Crippen LogP contribution in [0.5, 0.6) is 0 Å². The van der Waals surface area contributed by atoms with Crippen LogP contribution in [0, 0.1) is 0 Å². The first kappa shape index (κ1) is 11.0. The molecule has 2 amide bonds. The molecule has 1 aliphatic rings. The maximum absolute atomic E-state index is 11.6. The number of benzene rings is 1. The summed E-state index contributed by atoms with van der Waals surface area (Å²) in [5.41, 5.74) is 0.828. The fourth-order valence-electron chi connectivity index (χ4n) is 1.84. The van der Waals surface area contributed by atoms with Gasteiger partial charge < -0.3 is 16.0 Å². The lowest BCUT2D eigenvalue weighted by Gasteiger charge is -2.23. The number of urea groups is 1. The van der Waals surface area contributed by atoms with Crippen molar-refractivity contribution in [2.75, 3.05) is 18.4 Å². The van der Waals surface area contributed by atoms with Gasteiger partial charge in [-0.15, -0.1) is 0 Å². The van der Waals surface area contributed by atoms with Crippen LogP contribution in [0.3, 0.4) is 0 Å². The van der Waals surface area contributed by atoms with Crippen molar-refractivity contribution in [3.8, 4) is 0 Å². The highest BCUT2D eigenvalue weighted by Gasteiger charge is 2.14. The molecule has 16 heavy (non-hydrogen) atoms. The lowest BCUT2D eigenvalue weighted by molar-refractivity contribution is 0.245. The number of piperidine rings is 1. The molecule has 0 spiro atoms. The molecule has 0 unspecified atom stereocenters. The molecular weight excluding hydrogens is 202 g/mol. The number of carbonyl (C=O) groups is 1. The Morgan fingerprint density at radius 1 is 1.19 bits per heavy atom. The van der Waals surface area contributed by atoms with Gasteiger partial charge in [0.15, 0.2) is 0 Å². The Bertz CT molecular complexity index is 333. The quantitative estimate of drug-likeness (QED) is 0.707. The number of hydrogen-bond acceptors (Lipinski definition) is 2. The van der Waals surface area contributed by atoms with E-state index in [1.165, 1.54) is 0 Å². The first-order valence-corrected chi connectivity index (χ1v) is 5.68. The van der Waals surface area contributed by atoms with Crippen LogP contribution in [-0.4, -0.2) is 25.2 Å². The smallest absolute Gasteiger partial charge is 0.319 e. The van der Waals surface area contributed by atoms with Crippen molar-refractivity contribution < 1.29 is 4.79 Å². The normalized spacial score (nSPS) is 16.8. The van der Waals surface area contributed by atoms with E-state index < -0.39 is 0 Å². The van der Waals surface area contributed by atoms with Crippen LogP contribution in [0.4, 0.5) is 10.5 Å². The first-order valence-electron chi connectivity index (χ1n) is 5.68. The minimum Gasteiger partial charge on any atom is -0.335 e. The van der Waals surface area contributed by atoms with E-state index in [-0.39, 0.29) is 6.03 Å². The van der Waals surface area contributed by atoms with Crippen LogP contribution in [0.25, 0.3) is 0 Å². The number of anilines is 1. The maximum atomic E-state index is 11.6. The number of para-hydroxylation sites is 1. The van der Waals surface area contributed by atoms with E-state index in [4.69, 9.17) is 0 Å². The van der Waals surface area contributed by atoms with Gasteiger partial charge in [-0.25, -0.2) is 4.79 Å². The summed E-state index contributed by atoms with van der Waals surface area (Å²) in [4.78, 5) is 11.6. The monoisotopic (exact) mass is 219 g/mol. The highest BCUT2D eigenvalue weighted by Crippen LogP contribution is 2.06. The van der Waals surface area contributed by atoms with Gasteiger partial charge >= 0.3 is 6.03 Å². The summed E-state index contributed by atoms with van der Waals surface area (Å²) in [6, 6.07) is 9.67. The number of carbonyl (C=O) groups excluding carboxylic acids is 1. The van der Waals surface area contributed by atoms with Crippen molar-refractivity contribution >= 4 is 11.7 Å². The van der Waals surface area contributed by atoms with Gasteiger partial charge in [0, 0.05) is 11.7 Å². The maximum Gasteiger partial charge on any atom is 0.319 e. The molecule has 0 radical (unpaired) electrons. The van der Waals surface area contributed by atoms with Crippen molar-refractivity contribution in [2.24, 2.45) is 0 Å². The van der Waals surface area contributed by atoms with Crippen LogP contribution in [0.2, 0.25) is 0 Å². The van der Waals surface area contributed by atoms with Gasteiger partial charge in [0.2, 0.25) is 0 Å². The third-order valence-corrected chi connectivity index (χ3v) is 2.71. The van der Waals surface area contributed by atoms with E-state index in [1.807, 2.05) is 30.3 Å². The van der Waals surface area contributed by atoms with E-state index >= 15 is 0 Å². The molecule has 0 saturated carbocycles. The highest BCUT2D eigenvalue weighted by molar-refractivity contribution is 5.89. The third kappa shape index (κ3) is 3.24. The summed E-state index contributed by atoms with van der Waals surface area (Å²) in [6.45, 7) is 1.96. The van der Waals surface area contributed by atoms with Gasteiger partial charge in [0.1, 0.15) is 0 Å². The molecule has 2 rings (SSSR count). The average Bonchev–Trinajstić information content (AvgIpc) is 2.31. The molecule has 1 aromatic rings. The van der Waals surface area contributed by atoms with E-state index in [2.05, 4.69) is 16.0 Å². The van der Waals surface area contributed by atoms with E-state index in [1.54, 1.807) is 0 Å². The Balaban J connectivity index is 1.80. The van der Waals surface area contributed by atoms with Crippen molar-refractivity contribution in [1.29, 1.82) is 0 Å². The minimum absolute atomic E-state index is 0.113. The van der Waals surface area contributed by atoms with Gasteiger partial charge in [0.25, 0.3) is 0 Å². The standard InChI is InChI=1S/C12H17N3O/c16-12(14-10-4-2-1-3-5-10)15-11-6-8-13-9-7-11/h1-5,11,13H,6-9H2,(H2,14,15,16). The SMILES string of the molecule is O=C(Nc1ccccc1)NC1CCNCC1. The van der Waals surface area contributed by atoms with Crippen LogP contribution in [-0.2, 0) is 0 Å². The summed E-state index contributed by atoms with van der Waals surface area (Å²) < 4.78 is 0. The predicted molar refractivity (Wildman–Crippen MR) is 64.5 cm³/mol. The van der Waals surface area contributed by atoms with Gasteiger partial charge in [-0.05, 0) is 38.1 Å². The Labute approximate surface area is 95.4 Å². The van der Waals surface area contributed by atoms with Crippen molar-refractivity contribution in [3.05, 3.63) is 30.3 Å². The van der Waals surface area contributed by atoms with Crippen molar-refractivity contribution in [2.45, 2.75) is 18.9 Å². The summed E-state index contributed by atoms with van der Waals surface area (Å²) in [5, 5.41) is 9.06. The molecule has 0 atom stereocenters. The molecule has 0 bridgehead atoms. The van der Waals surface area contributed by atoms with E-state index in [9.17, 15) is 4.79 Å². The molecular formula is C12H17N3O. The van der Waals surface area contributed by atoms with Crippen LogP contribution >= 0.6 is 0 Å². The zero-order valence-electron chi connectivity index (χ0n) is 9.20.